The van der Waals surface area contributed by atoms with Gasteiger partial charge in [-0.3, -0.25) is 4.79 Å². The van der Waals surface area contributed by atoms with Crippen molar-refractivity contribution in [1.82, 2.24) is 9.88 Å². The summed E-state index contributed by atoms with van der Waals surface area (Å²) < 4.78 is 0. The van der Waals surface area contributed by atoms with Crippen LogP contribution in [0.1, 0.15) is 56.1 Å². The molecule has 4 heteroatoms. The van der Waals surface area contributed by atoms with Crippen LogP contribution in [-0.2, 0) is 6.42 Å². The number of hydrogen-bond acceptors (Lipinski definition) is 3. The number of aryl methyl sites for hydroxylation is 1. The summed E-state index contributed by atoms with van der Waals surface area (Å²) in [5.41, 5.74) is 7.35. The van der Waals surface area contributed by atoms with Gasteiger partial charge in [-0.05, 0) is 44.7 Å². The number of aromatic nitrogens is 1. The molecule has 1 aliphatic heterocycles. The number of rotatable bonds is 3. The molecule has 2 atom stereocenters. The molecule has 1 fully saturated rings. The van der Waals surface area contributed by atoms with E-state index in [-0.39, 0.29) is 5.91 Å². The van der Waals surface area contributed by atoms with Gasteiger partial charge in [0.2, 0.25) is 0 Å². The van der Waals surface area contributed by atoms with E-state index in [2.05, 4.69) is 18.8 Å². The van der Waals surface area contributed by atoms with Crippen LogP contribution in [-0.4, -0.2) is 27.9 Å². The van der Waals surface area contributed by atoms with Crippen molar-refractivity contribution in [3.8, 4) is 0 Å². The lowest BCUT2D eigenvalue weighted by Gasteiger charge is -2.28. The van der Waals surface area contributed by atoms with Crippen molar-refractivity contribution in [2.24, 2.45) is 0 Å². The standard InChI is InChI=1S/C15H23N3O/c1-4-12-8-11(9-14(16)17-12)15(19)18-10(3)6-7-13(18)5-2/h8-10,13H,4-7H2,1-3H3,(H2,16,17). The van der Waals surface area contributed by atoms with E-state index in [1.54, 1.807) is 6.07 Å². The summed E-state index contributed by atoms with van der Waals surface area (Å²) in [6.07, 6.45) is 3.99. The van der Waals surface area contributed by atoms with Gasteiger partial charge in [-0.25, -0.2) is 4.98 Å². The number of anilines is 1. The van der Waals surface area contributed by atoms with Gasteiger partial charge in [0.25, 0.3) is 5.91 Å². The summed E-state index contributed by atoms with van der Waals surface area (Å²) in [4.78, 5) is 18.9. The zero-order chi connectivity index (χ0) is 14.0. The molecule has 0 spiro atoms. The lowest BCUT2D eigenvalue weighted by atomic mass is 10.1. The topological polar surface area (TPSA) is 59.2 Å². The molecule has 2 unspecified atom stereocenters. The predicted octanol–water partition coefficient (Wildman–Crippen LogP) is 2.63. The van der Waals surface area contributed by atoms with E-state index < -0.39 is 0 Å². The van der Waals surface area contributed by atoms with Gasteiger partial charge in [0.05, 0.1) is 0 Å². The average molecular weight is 261 g/mol. The largest absolute Gasteiger partial charge is 0.384 e. The predicted molar refractivity (Wildman–Crippen MR) is 77.0 cm³/mol. The summed E-state index contributed by atoms with van der Waals surface area (Å²) in [6.45, 7) is 6.28. The molecule has 4 nitrogen and oxygen atoms in total. The molecule has 1 aromatic heterocycles. The summed E-state index contributed by atoms with van der Waals surface area (Å²) in [5.74, 6) is 0.531. The fraction of sp³-hybridized carbons (Fsp3) is 0.600. The monoisotopic (exact) mass is 261 g/mol. The molecule has 2 rings (SSSR count). The van der Waals surface area contributed by atoms with Crippen LogP contribution in [0.3, 0.4) is 0 Å². The van der Waals surface area contributed by atoms with Gasteiger partial charge in [-0.1, -0.05) is 13.8 Å². The number of nitrogens with two attached hydrogens (primary N) is 1. The van der Waals surface area contributed by atoms with Gasteiger partial charge in [-0.15, -0.1) is 0 Å². The molecule has 1 aliphatic rings. The summed E-state index contributed by atoms with van der Waals surface area (Å²) in [6, 6.07) is 4.24. The molecule has 1 amide bonds. The third-order valence-electron chi connectivity index (χ3n) is 4.00. The number of likely N-dealkylation sites (tertiary alicyclic amines) is 1. The SMILES string of the molecule is CCc1cc(C(=O)N2C(C)CCC2CC)cc(N)n1. The first kappa shape index (κ1) is 13.8. The maximum atomic E-state index is 12.7. The Bertz CT molecular complexity index is 472. The van der Waals surface area contributed by atoms with Crippen LogP contribution in [0.15, 0.2) is 12.1 Å². The van der Waals surface area contributed by atoms with Crippen LogP contribution < -0.4 is 5.73 Å². The summed E-state index contributed by atoms with van der Waals surface area (Å²) >= 11 is 0. The molecule has 1 saturated heterocycles. The first-order chi connectivity index (χ1) is 9.06. The molecule has 2 heterocycles. The molecule has 0 aromatic carbocycles. The second kappa shape index (κ2) is 5.59. The third-order valence-corrected chi connectivity index (χ3v) is 4.00. The Morgan fingerprint density at radius 3 is 2.79 bits per heavy atom. The van der Waals surface area contributed by atoms with Crippen molar-refractivity contribution in [2.45, 2.75) is 58.5 Å². The smallest absolute Gasteiger partial charge is 0.254 e. The van der Waals surface area contributed by atoms with Crippen molar-refractivity contribution in [2.75, 3.05) is 5.73 Å². The van der Waals surface area contributed by atoms with Crippen molar-refractivity contribution in [1.29, 1.82) is 0 Å². The van der Waals surface area contributed by atoms with Crippen molar-refractivity contribution < 1.29 is 4.79 Å². The number of pyridine rings is 1. The molecular formula is C15H23N3O. The van der Waals surface area contributed by atoms with Gasteiger partial charge in [0.15, 0.2) is 0 Å². The lowest BCUT2D eigenvalue weighted by molar-refractivity contribution is 0.0676. The number of carbonyl (C=O) groups excluding carboxylic acids is 1. The van der Waals surface area contributed by atoms with Gasteiger partial charge in [0.1, 0.15) is 5.82 Å². The Kier molecular flexibility index (Phi) is 4.08. The zero-order valence-corrected chi connectivity index (χ0v) is 12.0. The number of nitrogens with zero attached hydrogens (tertiary/aromatic N) is 2. The van der Waals surface area contributed by atoms with Crippen LogP contribution in [0, 0.1) is 0 Å². The molecule has 0 saturated carbocycles. The van der Waals surface area contributed by atoms with Crippen LogP contribution in [0.5, 0.6) is 0 Å². The summed E-state index contributed by atoms with van der Waals surface area (Å²) in [5, 5.41) is 0. The van der Waals surface area contributed by atoms with Gasteiger partial charge in [0, 0.05) is 23.3 Å². The number of hydrogen-bond donors (Lipinski definition) is 1. The minimum atomic E-state index is 0.0978. The molecule has 19 heavy (non-hydrogen) atoms. The Hall–Kier alpha value is -1.58. The van der Waals surface area contributed by atoms with Crippen LogP contribution in [0.4, 0.5) is 5.82 Å². The van der Waals surface area contributed by atoms with E-state index in [1.165, 1.54) is 0 Å². The van der Waals surface area contributed by atoms with E-state index in [0.717, 1.165) is 31.4 Å². The number of carbonyl (C=O) groups is 1. The third kappa shape index (κ3) is 2.72. The fourth-order valence-electron chi connectivity index (χ4n) is 2.90. The summed E-state index contributed by atoms with van der Waals surface area (Å²) in [7, 11) is 0. The lowest BCUT2D eigenvalue weighted by Crippen LogP contribution is -2.39. The van der Waals surface area contributed by atoms with Crippen molar-refractivity contribution in [3.63, 3.8) is 0 Å². The van der Waals surface area contributed by atoms with Gasteiger partial charge < -0.3 is 10.6 Å². The van der Waals surface area contributed by atoms with Crippen LogP contribution in [0.2, 0.25) is 0 Å². The Morgan fingerprint density at radius 2 is 2.16 bits per heavy atom. The highest BCUT2D eigenvalue weighted by molar-refractivity contribution is 5.95. The number of amides is 1. The first-order valence-electron chi connectivity index (χ1n) is 7.15. The second-order valence-corrected chi connectivity index (χ2v) is 5.33. The molecule has 0 radical (unpaired) electrons. The van der Waals surface area contributed by atoms with Gasteiger partial charge >= 0.3 is 0 Å². The molecule has 2 N–H and O–H groups in total. The van der Waals surface area contributed by atoms with Crippen molar-refractivity contribution in [3.05, 3.63) is 23.4 Å². The molecule has 104 valence electrons. The first-order valence-corrected chi connectivity index (χ1v) is 7.15. The minimum Gasteiger partial charge on any atom is -0.384 e. The minimum absolute atomic E-state index is 0.0978. The van der Waals surface area contributed by atoms with E-state index in [1.807, 2.05) is 17.9 Å². The Morgan fingerprint density at radius 1 is 1.42 bits per heavy atom. The van der Waals surface area contributed by atoms with Crippen LogP contribution >= 0.6 is 0 Å². The molecular weight excluding hydrogens is 238 g/mol. The maximum Gasteiger partial charge on any atom is 0.254 e. The Balaban J connectivity index is 2.30. The highest BCUT2D eigenvalue weighted by Crippen LogP contribution is 2.28. The fourth-order valence-corrected chi connectivity index (χ4v) is 2.90. The van der Waals surface area contributed by atoms with E-state index in [4.69, 9.17) is 5.73 Å². The van der Waals surface area contributed by atoms with E-state index >= 15 is 0 Å². The van der Waals surface area contributed by atoms with E-state index in [0.29, 0.717) is 23.5 Å². The molecule has 0 aliphatic carbocycles. The average Bonchev–Trinajstić information content (AvgIpc) is 2.78. The Labute approximate surface area is 115 Å². The quantitative estimate of drug-likeness (QED) is 0.910. The van der Waals surface area contributed by atoms with Crippen molar-refractivity contribution >= 4 is 11.7 Å². The normalized spacial score (nSPS) is 22.8. The highest BCUT2D eigenvalue weighted by Gasteiger charge is 2.33. The van der Waals surface area contributed by atoms with Gasteiger partial charge in [-0.2, -0.15) is 0 Å². The molecule has 1 aromatic rings. The maximum absolute atomic E-state index is 12.7. The molecule has 0 bridgehead atoms. The second-order valence-electron chi connectivity index (χ2n) is 5.33. The van der Waals surface area contributed by atoms with E-state index in [9.17, 15) is 4.79 Å². The van der Waals surface area contributed by atoms with Crippen LogP contribution in [0.25, 0.3) is 0 Å². The number of nitrogen functional groups attached to an aromatic ring is 1. The zero-order valence-electron chi connectivity index (χ0n) is 12.0. The highest BCUT2D eigenvalue weighted by atomic mass is 16.2.